The molecule has 0 N–H and O–H groups in total. The predicted molar refractivity (Wildman–Crippen MR) is 120 cm³/mol. The first kappa shape index (κ1) is 20.9. The van der Waals surface area contributed by atoms with Gasteiger partial charge in [0.15, 0.2) is 16.8 Å². The smallest absolute Gasteiger partial charge is 0.192 e. The Bertz CT molecular complexity index is 1030. The zero-order valence-electron chi connectivity index (χ0n) is 17.0. The maximum absolute atomic E-state index is 12.9. The van der Waals surface area contributed by atoms with Gasteiger partial charge in [0, 0.05) is 11.6 Å². The van der Waals surface area contributed by atoms with Crippen molar-refractivity contribution >= 4 is 29.1 Å². The Morgan fingerprint density at radius 3 is 2.60 bits per heavy atom. The summed E-state index contributed by atoms with van der Waals surface area (Å²) >= 11 is 7.64. The van der Waals surface area contributed by atoms with Crippen LogP contribution in [-0.4, -0.2) is 25.8 Å². The second kappa shape index (κ2) is 9.23. The van der Waals surface area contributed by atoms with Crippen LogP contribution in [0.2, 0.25) is 5.02 Å². The lowest BCUT2D eigenvalue weighted by molar-refractivity contribution is 0.0994. The summed E-state index contributed by atoms with van der Waals surface area (Å²) in [6.45, 7) is 4.31. The van der Waals surface area contributed by atoms with E-state index in [0.29, 0.717) is 16.8 Å². The van der Waals surface area contributed by atoms with Crippen molar-refractivity contribution in [3.63, 3.8) is 0 Å². The average molecular weight is 442 g/mol. The van der Waals surface area contributed by atoms with E-state index in [0.717, 1.165) is 35.8 Å². The molecule has 0 saturated heterocycles. The number of ketones is 1. The monoisotopic (exact) mass is 441 g/mol. The number of hydrogen-bond donors (Lipinski definition) is 0. The summed E-state index contributed by atoms with van der Waals surface area (Å²) in [7, 11) is 0. The van der Waals surface area contributed by atoms with E-state index in [1.54, 1.807) is 6.07 Å². The van der Waals surface area contributed by atoms with Crippen molar-refractivity contribution in [1.29, 1.82) is 0 Å². The van der Waals surface area contributed by atoms with Crippen molar-refractivity contribution < 1.29 is 9.53 Å². The topological polar surface area (TPSA) is 57.0 Å². The minimum absolute atomic E-state index is 0.0990. The van der Waals surface area contributed by atoms with Crippen LogP contribution in [0.3, 0.4) is 0 Å². The third-order valence-corrected chi connectivity index (χ3v) is 6.51. The number of benzene rings is 2. The number of aryl methyl sites for hydroxylation is 1. The highest BCUT2D eigenvalue weighted by Gasteiger charge is 2.31. The second-order valence-corrected chi connectivity index (χ2v) is 9.11. The summed E-state index contributed by atoms with van der Waals surface area (Å²) in [6, 6.07) is 15.6. The van der Waals surface area contributed by atoms with Crippen LogP contribution >= 0.6 is 23.4 Å². The summed E-state index contributed by atoms with van der Waals surface area (Å²) in [4.78, 5) is 12.9. The molecule has 4 rings (SSSR count). The molecule has 1 heterocycles. The summed E-state index contributed by atoms with van der Waals surface area (Å²) in [5, 5.41) is 9.79. The molecule has 30 heavy (non-hydrogen) atoms. The fourth-order valence-electron chi connectivity index (χ4n) is 3.24. The van der Waals surface area contributed by atoms with Crippen molar-refractivity contribution in [2.75, 3.05) is 0 Å². The van der Waals surface area contributed by atoms with Crippen molar-refractivity contribution in [3.8, 4) is 5.75 Å². The number of carbonyl (C=O) groups excluding carboxylic acids is 1. The van der Waals surface area contributed by atoms with E-state index in [1.165, 1.54) is 17.3 Å². The van der Waals surface area contributed by atoms with Gasteiger partial charge in [-0.15, -0.1) is 10.2 Å². The molecule has 1 fully saturated rings. The number of aromatic nitrogens is 3. The van der Waals surface area contributed by atoms with E-state index in [9.17, 15) is 4.79 Å². The fraction of sp³-hybridized carbons (Fsp3) is 0.348. The van der Waals surface area contributed by atoms with Crippen LogP contribution in [-0.2, 0) is 13.0 Å². The minimum Gasteiger partial charge on any atom is -0.484 e. The minimum atomic E-state index is -0.253. The molecule has 1 saturated carbocycles. The second-order valence-electron chi connectivity index (χ2n) is 7.39. The first-order chi connectivity index (χ1) is 14.6. The van der Waals surface area contributed by atoms with Gasteiger partial charge in [0.1, 0.15) is 12.4 Å². The van der Waals surface area contributed by atoms with Gasteiger partial charge >= 0.3 is 0 Å². The third kappa shape index (κ3) is 4.71. The normalized spacial score (nSPS) is 14.5. The largest absolute Gasteiger partial charge is 0.484 e. The lowest BCUT2D eigenvalue weighted by atomic mass is 10.1. The molecule has 0 radical (unpaired) electrons. The van der Waals surface area contributed by atoms with Gasteiger partial charge < -0.3 is 4.74 Å². The molecule has 2 aromatic carbocycles. The van der Waals surface area contributed by atoms with Gasteiger partial charge in [-0.05, 0) is 43.9 Å². The Kier molecular flexibility index (Phi) is 6.44. The fourth-order valence-corrected chi connectivity index (χ4v) is 4.45. The van der Waals surface area contributed by atoms with E-state index < -0.39 is 0 Å². The highest BCUT2D eigenvalue weighted by atomic mass is 35.5. The van der Waals surface area contributed by atoms with E-state index >= 15 is 0 Å². The molecule has 1 atom stereocenters. The van der Waals surface area contributed by atoms with E-state index in [-0.39, 0.29) is 17.6 Å². The van der Waals surface area contributed by atoms with Gasteiger partial charge in [0.25, 0.3) is 0 Å². The molecule has 7 heteroatoms. The summed E-state index contributed by atoms with van der Waals surface area (Å²) in [6.07, 6.45) is 3.14. The van der Waals surface area contributed by atoms with Gasteiger partial charge in [-0.25, -0.2) is 0 Å². The Balaban J connectivity index is 1.47. The van der Waals surface area contributed by atoms with Gasteiger partial charge in [-0.2, -0.15) is 0 Å². The van der Waals surface area contributed by atoms with Crippen LogP contribution in [0.5, 0.6) is 5.75 Å². The molecule has 0 spiro atoms. The standard InChI is InChI=1S/C23H24ClN3O2S/c1-3-16-8-10-17(11-9-16)22(28)15(2)30-23-26-25-21(27(23)18-12-13-18)14-29-20-7-5-4-6-19(20)24/h4-11,15,18H,3,12-14H2,1-2H3. The molecule has 1 aliphatic carbocycles. The highest BCUT2D eigenvalue weighted by Crippen LogP contribution is 2.40. The number of rotatable bonds is 9. The molecule has 156 valence electrons. The van der Waals surface area contributed by atoms with Crippen LogP contribution in [0.1, 0.15) is 54.5 Å². The number of ether oxygens (including phenoxy) is 1. The molecule has 5 nitrogen and oxygen atoms in total. The lowest BCUT2D eigenvalue weighted by Crippen LogP contribution is -2.15. The van der Waals surface area contributed by atoms with Gasteiger partial charge in [0.2, 0.25) is 0 Å². The molecule has 0 bridgehead atoms. The first-order valence-electron chi connectivity index (χ1n) is 10.2. The molecule has 1 aliphatic rings. The zero-order chi connectivity index (χ0) is 21.1. The molecule has 0 amide bonds. The van der Waals surface area contributed by atoms with Gasteiger partial charge in [0.05, 0.1) is 10.3 Å². The van der Waals surface area contributed by atoms with Crippen LogP contribution in [0.15, 0.2) is 53.7 Å². The predicted octanol–water partition coefficient (Wildman–Crippen LogP) is 5.77. The Morgan fingerprint density at radius 2 is 1.93 bits per heavy atom. The van der Waals surface area contributed by atoms with E-state index in [4.69, 9.17) is 16.3 Å². The number of thioether (sulfide) groups is 1. The van der Waals surface area contributed by atoms with Gasteiger partial charge in [-0.3, -0.25) is 9.36 Å². The SMILES string of the molecule is CCc1ccc(C(=O)C(C)Sc2nnc(COc3ccccc3Cl)n2C2CC2)cc1. The van der Waals surface area contributed by atoms with Gasteiger partial charge in [-0.1, -0.05) is 66.7 Å². The Hall–Kier alpha value is -2.31. The first-order valence-corrected chi connectivity index (χ1v) is 11.4. The lowest BCUT2D eigenvalue weighted by Gasteiger charge is -2.13. The molecule has 1 unspecified atom stereocenters. The van der Waals surface area contributed by atoms with Crippen LogP contribution in [0, 0.1) is 0 Å². The molecule has 1 aromatic heterocycles. The number of hydrogen-bond acceptors (Lipinski definition) is 5. The van der Waals surface area contributed by atoms with Crippen molar-refractivity contribution in [2.45, 2.75) is 56.2 Å². The van der Waals surface area contributed by atoms with Crippen LogP contribution in [0.25, 0.3) is 0 Å². The quantitative estimate of drug-likeness (QED) is 0.311. The summed E-state index contributed by atoms with van der Waals surface area (Å²) in [5.74, 6) is 1.48. The Morgan fingerprint density at radius 1 is 1.20 bits per heavy atom. The number of para-hydroxylation sites is 1. The average Bonchev–Trinajstić information content (AvgIpc) is 3.53. The number of halogens is 1. The number of Topliss-reactive ketones (excluding diaryl/α,β-unsaturated/α-hetero) is 1. The highest BCUT2D eigenvalue weighted by molar-refractivity contribution is 8.00. The maximum atomic E-state index is 12.9. The number of nitrogens with zero attached hydrogens (tertiary/aromatic N) is 3. The molecular weight excluding hydrogens is 418 g/mol. The third-order valence-electron chi connectivity index (χ3n) is 5.14. The van der Waals surface area contributed by atoms with Crippen molar-refractivity contribution in [3.05, 3.63) is 70.5 Å². The van der Waals surface area contributed by atoms with E-state index in [2.05, 4.69) is 21.7 Å². The van der Waals surface area contributed by atoms with Crippen LogP contribution in [0.4, 0.5) is 0 Å². The molecule has 0 aliphatic heterocycles. The van der Waals surface area contributed by atoms with Crippen molar-refractivity contribution in [2.24, 2.45) is 0 Å². The molecule has 3 aromatic rings. The van der Waals surface area contributed by atoms with E-state index in [1.807, 2.05) is 49.4 Å². The van der Waals surface area contributed by atoms with Crippen LogP contribution < -0.4 is 4.74 Å². The number of carbonyl (C=O) groups is 1. The zero-order valence-corrected chi connectivity index (χ0v) is 18.6. The Labute approximate surface area is 185 Å². The maximum Gasteiger partial charge on any atom is 0.192 e. The summed E-state index contributed by atoms with van der Waals surface area (Å²) < 4.78 is 7.98. The summed E-state index contributed by atoms with van der Waals surface area (Å²) in [5.41, 5.74) is 1.95. The van der Waals surface area contributed by atoms with Crippen molar-refractivity contribution in [1.82, 2.24) is 14.8 Å². The molecular formula is C23H24ClN3O2S.